The molecule has 0 saturated heterocycles. The molecule has 84 valence electrons. The molecule has 1 N–H and O–H groups in total. The van der Waals surface area contributed by atoms with E-state index in [-0.39, 0.29) is 0 Å². The van der Waals surface area contributed by atoms with Crippen LogP contribution < -0.4 is 5.32 Å². The maximum atomic E-state index is 4.95. The van der Waals surface area contributed by atoms with Crippen molar-refractivity contribution in [2.24, 2.45) is 0 Å². The Bertz CT molecular complexity index is 264. The topological polar surface area (TPSA) is 34.1 Å². The van der Waals surface area contributed by atoms with Crippen molar-refractivity contribution in [1.29, 1.82) is 0 Å². The van der Waals surface area contributed by atoms with E-state index in [9.17, 15) is 0 Å². The van der Waals surface area contributed by atoms with Crippen LogP contribution in [0.4, 0.5) is 0 Å². The summed E-state index contributed by atoms with van der Waals surface area (Å²) in [7, 11) is 1.71. The molecule has 0 radical (unpaired) electrons. The highest BCUT2D eigenvalue weighted by Gasteiger charge is 1.95. The zero-order chi connectivity index (χ0) is 10.9. The van der Waals surface area contributed by atoms with Crippen LogP contribution in [-0.2, 0) is 11.3 Å². The van der Waals surface area contributed by atoms with Gasteiger partial charge in [-0.1, -0.05) is 13.0 Å². The predicted molar refractivity (Wildman–Crippen MR) is 64.2 cm³/mol. The van der Waals surface area contributed by atoms with Gasteiger partial charge in [-0.15, -0.1) is 11.8 Å². The van der Waals surface area contributed by atoms with Gasteiger partial charge in [0.1, 0.15) is 0 Å². The first kappa shape index (κ1) is 12.5. The molecule has 1 aromatic heterocycles. The molecule has 0 aliphatic carbocycles. The van der Waals surface area contributed by atoms with E-state index in [0.717, 1.165) is 30.5 Å². The number of aromatic nitrogens is 1. The minimum atomic E-state index is 0.747. The van der Waals surface area contributed by atoms with Crippen LogP contribution in [-0.4, -0.2) is 31.0 Å². The van der Waals surface area contributed by atoms with Gasteiger partial charge < -0.3 is 10.1 Å². The number of hydrogen-bond donors (Lipinski definition) is 1. The largest absolute Gasteiger partial charge is 0.383 e. The van der Waals surface area contributed by atoms with Crippen LogP contribution in [0.2, 0.25) is 0 Å². The standard InChI is InChI=1S/C11H18N2OS/c1-3-15-11-5-4-10(9-13-11)8-12-6-7-14-2/h4-5,9,12H,3,6-8H2,1-2H3. The van der Waals surface area contributed by atoms with Crippen LogP contribution in [0.3, 0.4) is 0 Å². The summed E-state index contributed by atoms with van der Waals surface area (Å²) in [6.07, 6.45) is 1.93. The molecule has 0 aliphatic heterocycles. The van der Waals surface area contributed by atoms with E-state index in [0.29, 0.717) is 0 Å². The number of rotatable bonds is 7. The van der Waals surface area contributed by atoms with E-state index in [1.54, 1.807) is 18.9 Å². The Labute approximate surface area is 95.6 Å². The van der Waals surface area contributed by atoms with Gasteiger partial charge in [-0.25, -0.2) is 4.98 Å². The number of nitrogens with one attached hydrogen (secondary N) is 1. The number of ether oxygens (including phenoxy) is 1. The van der Waals surface area contributed by atoms with E-state index in [4.69, 9.17) is 4.74 Å². The molecule has 0 amide bonds. The molecule has 0 unspecified atom stereocenters. The molecule has 1 aromatic rings. The second-order valence-electron chi connectivity index (χ2n) is 3.11. The van der Waals surface area contributed by atoms with Gasteiger partial charge in [0.2, 0.25) is 0 Å². The van der Waals surface area contributed by atoms with Crippen molar-refractivity contribution in [2.75, 3.05) is 26.0 Å². The minimum Gasteiger partial charge on any atom is -0.383 e. The number of methoxy groups -OCH3 is 1. The molecule has 0 spiro atoms. The summed E-state index contributed by atoms with van der Waals surface area (Å²) in [4.78, 5) is 4.36. The summed E-state index contributed by atoms with van der Waals surface area (Å²) in [6.45, 7) is 4.61. The van der Waals surface area contributed by atoms with Gasteiger partial charge in [0, 0.05) is 26.4 Å². The second-order valence-corrected chi connectivity index (χ2v) is 4.39. The number of nitrogens with zero attached hydrogens (tertiary/aromatic N) is 1. The Kier molecular flexibility index (Phi) is 6.39. The van der Waals surface area contributed by atoms with Crippen LogP contribution in [0.25, 0.3) is 0 Å². The molecule has 1 heterocycles. The Hall–Kier alpha value is -0.580. The van der Waals surface area contributed by atoms with Crippen molar-refractivity contribution in [1.82, 2.24) is 10.3 Å². The summed E-state index contributed by atoms with van der Waals surface area (Å²) in [6, 6.07) is 4.19. The third-order valence-electron chi connectivity index (χ3n) is 1.90. The Balaban J connectivity index is 2.29. The van der Waals surface area contributed by atoms with Crippen molar-refractivity contribution < 1.29 is 4.74 Å². The van der Waals surface area contributed by atoms with Gasteiger partial charge in [-0.05, 0) is 17.4 Å². The predicted octanol–water partition coefficient (Wildman–Crippen LogP) is 1.93. The first-order chi connectivity index (χ1) is 7.36. The molecule has 0 saturated carbocycles. The third-order valence-corrected chi connectivity index (χ3v) is 2.73. The van der Waals surface area contributed by atoms with Crippen molar-refractivity contribution in [2.45, 2.75) is 18.5 Å². The van der Waals surface area contributed by atoms with E-state index >= 15 is 0 Å². The van der Waals surface area contributed by atoms with E-state index in [1.165, 1.54) is 5.56 Å². The quantitative estimate of drug-likeness (QED) is 0.569. The van der Waals surface area contributed by atoms with Crippen LogP contribution in [0.1, 0.15) is 12.5 Å². The zero-order valence-corrected chi connectivity index (χ0v) is 10.1. The fourth-order valence-corrected chi connectivity index (χ4v) is 1.74. The summed E-state index contributed by atoms with van der Waals surface area (Å²) >= 11 is 1.76. The van der Waals surface area contributed by atoms with Crippen molar-refractivity contribution in [3.8, 4) is 0 Å². The third kappa shape index (κ3) is 5.16. The molecule has 0 aromatic carbocycles. The summed E-state index contributed by atoms with van der Waals surface area (Å²) in [5.74, 6) is 1.07. The Morgan fingerprint density at radius 3 is 2.93 bits per heavy atom. The zero-order valence-electron chi connectivity index (χ0n) is 9.32. The lowest BCUT2D eigenvalue weighted by molar-refractivity contribution is 0.199. The van der Waals surface area contributed by atoms with Crippen LogP contribution in [0, 0.1) is 0 Å². The molecule has 4 heteroatoms. The van der Waals surface area contributed by atoms with Crippen molar-refractivity contribution in [3.63, 3.8) is 0 Å². The fourth-order valence-electron chi connectivity index (χ4n) is 1.16. The maximum Gasteiger partial charge on any atom is 0.0959 e. The molecule has 0 bridgehead atoms. The van der Waals surface area contributed by atoms with E-state index < -0.39 is 0 Å². The normalized spacial score (nSPS) is 10.5. The first-order valence-corrected chi connectivity index (χ1v) is 6.12. The lowest BCUT2D eigenvalue weighted by Crippen LogP contribution is -2.18. The summed E-state index contributed by atoms with van der Waals surface area (Å²) in [5, 5.41) is 4.38. The summed E-state index contributed by atoms with van der Waals surface area (Å²) in [5.41, 5.74) is 1.21. The van der Waals surface area contributed by atoms with Gasteiger partial charge in [0.25, 0.3) is 0 Å². The summed E-state index contributed by atoms with van der Waals surface area (Å²) < 4.78 is 4.95. The highest BCUT2D eigenvalue weighted by atomic mass is 32.2. The van der Waals surface area contributed by atoms with Crippen molar-refractivity contribution >= 4 is 11.8 Å². The maximum absolute atomic E-state index is 4.95. The lowest BCUT2D eigenvalue weighted by atomic mass is 10.3. The van der Waals surface area contributed by atoms with Crippen LogP contribution in [0.5, 0.6) is 0 Å². The highest BCUT2D eigenvalue weighted by Crippen LogP contribution is 2.14. The molecule has 0 fully saturated rings. The van der Waals surface area contributed by atoms with Crippen molar-refractivity contribution in [3.05, 3.63) is 23.9 Å². The molecule has 1 rings (SSSR count). The smallest absolute Gasteiger partial charge is 0.0959 e. The molecule has 0 atom stereocenters. The number of hydrogen-bond acceptors (Lipinski definition) is 4. The van der Waals surface area contributed by atoms with Gasteiger partial charge in [0.15, 0.2) is 0 Å². The molecule has 15 heavy (non-hydrogen) atoms. The average molecular weight is 226 g/mol. The molecule has 0 aliphatic rings. The van der Waals surface area contributed by atoms with Crippen LogP contribution in [0.15, 0.2) is 23.4 Å². The average Bonchev–Trinajstić information content (AvgIpc) is 2.27. The Morgan fingerprint density at radius 1 is 1.47 bits per heavy atom. The van der Waals surface area contributed by atoms with Gasteiger partial charge >= 0.3 is 0 Å². The monoisotopic (exact) mass is 226 g/mol. The number of pyridine rings is 1. The van der Waals surface area contributed by atoms with E-state index in [2.05, 4.69) is 29.4 Å². The fraction of sp³-hybridized carbons (Fsp3) is 0.545. The highest BCUT2D eigenvalue weighted by molar-refractivity contribution is 7.99. The van der Waals surface area contributed by atoms with Gasteiger partial charge in [-0.2, -0.15) is 0 Å². The van der Waals surface area contributed by atoms with Crippen LogP contribution >= 0.6 is 11.8 Å². The second kappa shape index (κ2) is 7.68. The lowest BCUT2D eigenvalue weighted by Gasteiger charge is -2.04. The first-order valence-electron chi connectivity index (χ1n) is 5.14. The minimum absolute atomic E-state index is 0.747. The number of thioether (sulfide) groups is 1. The Morgan fingerprint density at radius 2 is 2.33 bits per heavy atom. The SMILES string of the molecule is CCSc1ccc(CNCCOC)cn1. The van der Waals surface area contributed by atoms with E-state index in [1.807, 2.05) is 6.20 Å². The van der Waals surface area contributed by atoms with Gasteiger partial charge in [-0.3, -0.25) is 0 Å². The van der Waals surface area contributed by atoms with Gasteiger partial charge in [0.05, 0.1) is 11.6 Å². The molecular formula is C11H18N2OS. The molecular weight excluding hydrogens is 208 g/mol. The molecule has 3 nitrogen and oxygen atoms in total.